The average Bonchev–Trinajstić information content (AvgIpc) is 2.63. The van der Waals surface area contributed by atoms with Crippen molar-refractivity contribution >= 4 is 23.7 Å². The van der Waals surface area contributed by atoms with Gasteiger partial charge in [-0.05, 0) is 51.1 Å². The number of nitrogens with zero attached hydrogens (tertiary/aromatic N) is 1. The monoisotopic (exact) mass is 381 g/mol. The number of rotatable bonds is 12. The molecule has 5 nitrogen and oxygen atoms in total. The van der Waals surface area contributed by atoms with E-state index in [-0.39, 0.29) is 17.6 Å². The molecule has 0 unspecified atom stereocenters. The molecule has 26 heavy (non-hydrogen) atoms. The summed E-state index contributed by atoms with van der Waals surface area (Å²) in [5, 5.41) is 19.7. The molecule has 0 atom stereocenters. The van der Waals surface area contributed by atoms with Gasteiger partial charge in [-0.2, -0.15) is 11.8 Å². The lowest BCUT2D eigenvalue weighted by Crippen LogP contribution is -2.47. The fraction of sp³-hybridized carbons (Fsp3) is 0.600. The molecule has 0 fully saturated rings. The fourth-order valence-corrected chi connectivity index (χ4v) is 4.28. The molecule has 0 spiro atoms. The van der Waals surface area contributed by atoms with Crippen LogP contribution in [0.3, 0.4) is 0 Å². The zero-order valence-electron chi connectivity index (χ0n) is 16.2. The van der Waals surface area contributed by atoms with Gasteiger partial charge in [0.05, 0.1) is 0 Å². The van der Waals surface area contributed by atoms with Crippen molar-refractivity contribution in [2.24, 2.45) is 5.41 Å². The highest BCUT2D eigenvalue weighted by Gasteiger charge is 2.51. The second kappa shape index (κ2) is 9.97. The zero-order chi connectivity index (χ0) is 19.8. The van der Waals surface area contributed by atoms with Crippen LogP contribution in [-0.2, 0) is 16.1 Å². The lowest BCUT2D eigenvalue weighted by Gasteiger charge is -2.38. The van der Waals surface area contributed by atoms with Gasteiger partial charge >= 0.3 is 11.9 Å². The van der Waals surface area contributed by atoms with E-state index in [2.05, 4.69) is 0 Å². The number of thioether (sulfide) groups is 1. The first kappa shape index (κ1) is 22.5. The Balaban J connectivity index is 2.96. The van der Waals surface area contributed by atoms with E-state index in [9.17, 15) is 19.8 Å². The summed E-state index contributed by atoms with van der Waals surface area (Å²) < 4.78 is -0.339. The Hall–Kier alpha value is -1.53. The van der Waals surface area contributed by atoms with Crippen LogP contribution in [-0.4, -0.2) is 51.6 Å². The van der Waals surface area contributed by atoms with E-state index in [1.807, 2.05) is 62.4 Å². The number of carboxylic acids is 2. The van der Waals surface area contributed by atoms with Crippen molar-refractivity contribution in [3.05, 3.63) is 35.9 Å². The SMILES string of the molecule is CCC(CC)(CC(CCN(C)Cc1ccccc1)(C(=O)O)C(=O)O)SC. The Morgan fingerprint density at radius 2 is 1.62 bits per heavy atom. The molecule has 1 aromatic rings. The van der Waals surface area contributed by atoms with Gasteiger partial charge in [-0.1, -0.05) is 44.2 Å². The Bertz CT molecular complexity index is 564. The summed E-state index contributed by atoms with van der Waals surface area (Å²) in [6.45, 7) is 5.06. The highest BCUT2D eigenvalue weighted by molar-refractivity contribution is 8.00. The lowest BCUT2D eigenvalue weighted by atomic mass is 9.74. The van der Waals surface area contributed by atoms with Crippen molar-refractivity contribution in [2.75, 3.05) is 19.8 Å². The predicted octanol–water partition coefficient (Wildman–Crippen LogP) is 3.98. The van der Waals surface area contributed by atoms with Gasteiger partial charge in [0.15, 0.2) is 5.41 Å². The van der Waals surface area contributed by atoms with E-state index >= 15 is 0 Å². The molecule has 1 aromatic carbocycles. The molecule has 0 saturated carbocycles. The Morgan fingerprint density at radius 3 is 2.04 bits per heavy atom. The van der Waals surface area contributed by atoms with Crippen LogP contribution in [0.25, 0.3) is 0 Å². The van der Waals surface area contributed by atoms with Crippen LogP contribution in [0, 0.1) is 5.41 Å². The van der Waals surface area contributed by atoms with Gasteiger partial charge in [0.2, 0.25) is 0 Å². The molecule has 146 valence electrons. The van der Waals surface area contributed by atoms with Crippen LogP contribution >= 0.6 is 11.8 Å². The van der Waals surface area contributed by atoms with Crippen molar-refractivity contribution in [1.29, 1.82) is 0 Å². The summed E-state index contributed by atoms with van der Waals surface area (Å²) in [5.74, 6) is -2.48. The Morgan fingerprint density at radius 1 is 1.08 bits per heavy atom. The van der Waals surface area contributed by atoms with Crippen molar-refractivity contribution in [1.82, 2.24) is 4.90 Å². The summed E-state index contributed by atoms with van der Waals surface area (Å²) in [5.41, 5.74) is -0.646. The summed E-state index contributed by atoms with van der Waals surface area (Å²) in [6.07, 6.45) is 3.64. The quantitative estimate of drug-likeness (QED) is 0.533. The maximum absolute atomic E-state index is 12.1. The summed E-state index contributed by atoms with van der Waals surface area (Å²) in [4.78, 5) is 26.1. The van der Waals surface area contributed by atoms with Crippen LogP contribution < -0.4 is 0 Å². The van der Waals surface area contributed by atoms with Crippen molar-refractivity contribution in [2.45, 2.75) is 50.8 Å². The molecule has 0 radical (unpaired) electrons. The average molecular weight is 382 g/mol. The molecule has 0 bridgehead atoms. The fourth-order valence-electron chi connectivity index (χ4n) is 3.31. The van der Waals surface area contributed by atoms with E-state index < -0.39 is 17.4 Å². The van der Waals surface area contributed by atoms with E-state index in [4.69, 9.17) is 0 Å². The minimum Gasteiger partial charge on any atom is -0.480 e. The van der Waals surface area contributed by atoms with E-state index in [1.165, 1.54) is 0 Å². The maximum atomic E-state index is 12.1. The van der Waals surface area contributed by atoms with Gasteiger partial charge in [-0.3, -0.25) is 9.59 Å². The number of aliphatic carboxylic acids is 2. The normalized spacial score (nSPS) is 12.3. The second-order valence-corrected chi connectivity index (χ2v) is 8.21. The highest BCUT2D eigenvalue weighted by Crippen LogP contribution is 2.43. The molecule has 0 amide bonds. The van der Waals surface area contributed by atoms with Crippen LogP contribution in [0.4, 0.5) is 0 Å². The van der Waals surface area contributed by atoms with Crippen molar-refractivity contribution in [3.8, 4) is 0 Å². The topological polar surface area (TPSA) is 77.8 Å². The molecule has 0 aliphatic carbocycles. The first-order valence-corrected chi connectivity index (χ1v) is 10.2. The van der Waals surface area contributed by atoms with Gasteiger partial charge in [0, 0.05) is 11.3 Å². The number of carbonyl (C=O) groups is 2. The third-order valence-electron chi connectivity index (χ3n) is 5.38. The largest absolute Gasteiger partial charge is 0.480 e. The van der Waals surface area contributed by atoms with E-state index in [0.717, 1.165) is 18.4 Å². The smallest absolute Gasteiger partial charge is 0.321 e. The highest BCUT2D eigenvalue weighted by atomic mass is 32.2. The van der Waals surface area contributed by atoms with Crippen LogP contribution in [0.2, 0.25) is 0 Å². The molecule has 0 aliphatic rings. The third-order valence-corrected chi connectivity index (χ3v) is 6.97. The number of benzene rings is 1. The van der Waals surface area contributed by atoms with Crippen LogP contribution in [0.1, 0.15) is 45.1 Å². The second-order valence-electron chi connectivity index (χ2n) is 6.94. The lowest BCUT2D eigenvalue weighted by molar-refractivity contribution is -0.166. The first-order chi connectivity index (χ1) is 12.2. The van der Waals surface area contributed by atoms with Gasteiger partial charge in [-0.15, -0.1) is 0 Å². The van der Waals surface area contributed by atoms with Gasteiger partial charge in [0.25, 0.3) is 0 Å². The Labute approximate surface area is 160 Å². The molecule has 0 heterocycles. The summed E-state index contributed by atoms with van der Waals surface area (Å²) >= 11 is 1.58. The zero-order valence-corrected chi connectivity index (χ0v) is 17.0. The molecule has 6 heteroatoms. The number of hydrogen-bond acceptors (Lipinski definition) is 4. The third kappa shape index (κ3) is 5.48. The number of hydrogen-bond donors (Lipinski definition) is 2. The summed E-state index contributed by atoms with van der Waals surface area (Å²) in [6, 6.07) is 9.87. The molecule has 2 N–H and O–H groups in total. The molecule has 0 saturated heterocycles. The van der Waals surface area contributed by atoms with E-state index in [1.54, 1.807) is 11.8 Å². The minimum absolute atomic E-state index is 0.0866. The maximum Gasteiger partial charge on any atom is 0.321 e. The number of carboxylic acid groups (broad SMARTS) is 2. The molecule has 0 aliphatic heterocycles. The Kier molecular flexibility index (Phi) is 8.63. The minimum atomic E-state index is -1.76. The van der Waals surface area contributed by atoms with Gasteiger partial charge in [-0.25, -0.2) is 0 Å². The standard InChI is InChI=1S/C20H31NO4S/c1-5-19(6-2,26-4)15-20(17(22)23,18(24)25)12-13-21(3)14-16-10-8-7-9-11-16/h7-11H,5-6,12-15H2,1-4H3,(H,22,23)(H,24,25). The van der Waals surface area contributed by atoms with Gasteiger partial charge in [0.1, 0.15) is 0 Å². The molecule has 0 aromatic heterocycles. The van der Waals surface area contributed by atoms with Crippen molar-refractivity contribution in [3.63, 3.8) is 0 Å². The molecule has 1 rings (SSSR count). The van der Waals surface area contributed by atoms with E-state index in [0.29, 0.717) is 13.1 Å². The van der Waals surface area contributed by atoms with Crippen LogP contribution in [0.15, 0.2) is 30.3 Å². The molecular weight excluding hydrogens is 350 g/mol. The summed E-state index contributed by atoms with van der Waals surface area (Å²) in [7, 11) is 1.89. The molecular formula is C20H31NO4S. The first-order valence-electron chi connectivity index (χ1n) is 8.99. The van der Waals surface area contributed by atoms with Crippen molar-refractivity contribution < 1.29 is 19.8 Å². The van der Waals surface area contributed by atoms with Gasteiger partial charge < -0.3 is 15.1 Å². The predicted molar refractivity (Wildman–Crippen MR) is 107 cm³/mol. The van der Waals surface area contributed by atoms with Crippen LogP contribution in [0.5, 0.6) is 0 Å².